The Morgan fingerprint density at radius 1 is 1.19 bits per heavy atom. The van der Waals surface area contributed by atoms with Crippen molar-refractivity contribution < 1.29 is 14.3 Å². The molecule has 142 valence electrons. The first-order valence-electron chi connectivity index (χ1n) is 9.32. The van der Waals surface area contributed by atoms with E-state index in [9.17, 15) is 4.79 Å². The molecular formula is C20H24N4O3. The highest BCUT2D eigenvalue weighted by Gasteiger charge is 2.40. The summed E-state index contributed by atoms with van der Waals surface area (Å²) in [7, 11) is 0. The average Bonchev–Trinajstić information content (AvgIpc) is 3.15. The summed E-state index contributed by atoms with van der Waals surface area (Å²) in [5.74, 6) is 0.151. The van der Waals surface area contributed by atoms with Crippen LogP contribution in [0.2, 0.25) is 0 Å². The number of nitrogens with zero attached hydrogens (tertiary/aromatic N) is 3. The Morgan fingerprint density at radius 3 is 2.63 bits per heavy atom. The van der Waals surface area contributed by atoms with Gasteiger partial charge in [0.15, 0.2) is 5.79 Å². The third kappa shape index (κ3) is 4.09. The van der Waals surface area contributed by atoms with Crippen LogP contribution in [-0.2, 0) is 16.0 Å². The summed E-state index contributed by atoms with van der Waals surface area (Å²) in [4.78, 5) is 23.2. The Hall–Kier alpha value is -2.51. The van der Waals surface area contributed by atoms with Crippen molar-refractivity contribution >= 4 is 11.7 Å². The second-order valence-electron chi connectivity index (χ2n) is 7.03. The zero-order valence-electron chi connectivity index (χ0n) is 15.5. The van der Waals surface area contributed by atoms with E-state index in [1.807, 2.05) is 25.1 Å². The summed E-state index contributed by atoms with van der Waals surface area (Å²) in [5.41, 5.74) is 2.55. The number of benzene rings is 1. The number of aryl methyl sites for hydroxylation is 1. The molecule has 2 aromatic rings. The van der Waals surface area contributed by atoms with Gasteiger partial charge in [0.05, 0.1) is 25.6 Å². The topological polar surface area (TPSA) is 76.6 Å². The molecule has 1 aromatic carbocycles. The van der Waals surface area contributed by atoms with Gasteiger partial charge in [0.2, 0.25) is 0 Å². The molecule has 1 amide bonds. The van der Waals surface area contributed by atoms with E-state index in [1.54, 1.807) is 6.20 Å². The van der Waals surface area contributed by atoms with Crippen molar-refractivity contribution in [3.05, 3.63) is 53.5 Å². The van der Waals surface area contributed by atoms with Crippen molar-refractivity contribution in [3.63, 3.8) is 0 Å². The molecular weight excluding hydrogens is 344 g/mol. The van der Waals surface area contributed by atoms with Gasteiger partial charge in [0, 0.05) is 32.5 Å². The zero-order valence-corrected chi connectivity index (χ0v) is 15.5. The lowest BCUT2D eigenvalue weighted by Crippen LogP contribution is -2.45. The number of ether oxygens (including phenoxy) is 2. The third-order valence-corrected chi connectivity index (χ3v) is 5.07. The van der Waals surface area contributed by atoms with Crippen LogP contribution in [0.15, 0.2) is 36.7 Å². The number of carbonyl (C=O) groups is 1. The van der Waals surface area contributed by atoms with E-state index in [-0.39, 0.29) is 5.91 Å². The van der Waals surface area contributed by atoms with E-state index in [0.717, 1.165) is 37.3 Å². The lowest BCUT2D eigenvalue weighted by molar-refractivity contribution is -0.169. The molecule has 2 aliphatic rings. The van der Waals surface area contributed by atoms with Crippen LogP contribution in [0.4, 0.5) is 5.82 Å². The molecule has 0 bridgehead atoms. The number of hydrogen-bond acceptors (Lipinski definition) is 6. The standard InChI is InChI=1S/C20H24N4O3/c1-15-3-2-4-16(11-15)12-23-19(25)17-13-22-18(14-21-17)24-7-5-20(6-8-24)26-9-10-27-20/h2-4,11,13-14H,5-10,12H2,1H3,(H,23,25). The molecule has 3 heterocycles. The molecule has 7 nitrogen and oxygen atoms in total. The highest BCUT2D eigenvalue weighted by molar-refractivity contribution is 5.91. The summed E-state index contributed by atoms with van der Waals surface area (Å²) >= 11 is 0. The lowest BCUT2D eigenvalue weighted by Gasteiger charge is -2.37. The second-order valence-corrected chi connectivity index (χ2v) is 7.03. The first-order valence-corrected chi connectivity index (χ1v) is 9.32. The Bertz CT molecular complexity index is 793. The fourth-order valence-electron chi connectivity index (χ4n) is 3.56. The number of nitrogens with one attached hydrogen (secondary N) is 1. The molecule has 7 heteroatoms. The number of rotatable bonds is 4. The molecule has 0 atom stereocenters. The van der Waals surface area contributed by atoms with Crippen molar-refractivity contribution in [2.75, 3.05) is 31.2 Å². The fourth-order valence-corrected chi connectivity index (χ4v) is 3.56. The molecule has 0 radical (unpaired) electrons. The van der Waals surface area contributed by atoms with E-state index in [1.165, 1.54) is 11.8 Å². The summed E-state index contributed by atoms with van der Waals surface area (Å²) in [6.07, 6.45) is 4.82. The van der Waals surface area contributed by atoms with Gasteiger partial charge in [-0.2, -0.15) is 0 Å². The average molecular weight is 368 g/mol. The van der Waals surface area contributed by atoms with Crippen molar-refractivity contribution in [1.82, 2.24) is 15.3 Å². The van der Waals surface area contributed by atoms with Crippen LogP contribution in [0.1, 0.15) is 34.5 Å². The number of piperidine rings is 1. The second kappa shape index (κ2) is 7.62. The van der Waals surface area contributed by atoms with E-state index >= 15 is 0 Å². The van der Waals surface area contributed by atoms with Crippen LogP contribution in [0.25, 0.3) is 0 Å². The zero-order chi connectivity index (χ0) is 18.7. The highest BCUT2D eigenvalue weighted by Crippen LogP contribution is 2.32. The summed E-state index contributed by atoms with van der Waals surface area (Å²) in [6.45, 7) is 5.44. The van der Waals surface area contributed by atoms with Crippen LogP contribution in [-0.4, -0.2) is 48.0 Å². The SMILES string of the molecule is Cc1cccc(CNC(=O)c2cnc(N3CCC4(CC3)OCCO4)cn2)c1. The Kier molecular flexibility index (Phi) is 5.05. The Morgan fingerprint density at radius 2 is 1.96 bits per heavy atom. The van der Waals surface area contributed by atoms with E-state index in [4.69, 9.17) is 9.47 Å². The number of anilines is 1. The van der Waals surface area contributed by atoms with Gasteiger partial charge >= 0.3 is 0 Å². The van der Waals surface area contributed by atoms with E-state index in [2.05, 4.69) is 26.3 Å². The molecule has 0 aliphatic carbocycles. The van der Waals surface area contributed by atoms with Gasteiger partial charge in [-0.3, -0.25) is 4.79 Å². The summed E-state index contributed by atoms with van der Waals surface area (Å²) in [5, 5.41) is 2.89. The Balaban J connectivity index is 1.32. The summed E-state index contributed by atoms with van der Waals surface area (Å²) in [6, 6.07) is 8.05. The molecule has 1 N–H and O–H groups in total. The molecule has 2 aliphatic heterocycles. The fraction of sp³-hybridized carbons (Fsp3) is 0.450. The minimum atomic E-state index is -0.403. The highest BCUT2D eigenvalue weighted by atomic mass is 16.7. The normalized spacial score (nSPS) is 18.6. The van der Waals surface area contributed by atoms with E-state index < -0.39 is 5.79 Å². The third-order valence-electron chi connectivity index (χ3n) is 5.07. The number of hydrogen-bond donors (Lipinski definition) is 1. The van der Waals surface area contributed by atoms with Crippen LogP contribution in [0.5, 0.6) is 0 Å². The number of amides is 1. The first kappa shape index (κ1) is 17.9. The molecule has 0 unspecified atom stereocenters. The van der Waals surface area contributed by atoms with Crippen LogP contribution in [0, 0.1) is 6.92 Å². The van der Waals surface area contributed by atoms with Crippen LogP contribution in [0.3, 0.4) is 0 Å². The maximum atomic E-state index is 12.3. The van der Waals surface area contributed by atoms with Gasteiger partial charge < -0.3 is 19.7 Å². The van der Waals surface area contributed by atoms with Crippen LogP contribution < -0.4 is 10.2 Å². The smallest absolute Gasteiger partial charge is 0.271 e. The number of carbonyl (C=O) groups excluding carboxylic acids is 1. The largest absolute Gasteiger partial charge is 0.355 e. The first-order chi connectivity index (χ1) is 13.1. The molecule has 0 saturated carbocycles. The maximum absolute atomic E-state index is 12.3. The van der Waals surface area contributed by atoms with Crippen molar-refractivity contribution in [2.45, 2.75) is 32.1 Å². The molecule has 2 fully saturated rings. The molecule has 27 heavy (non-hydrogen) atoms. The van der Waals surface area contributed by atoms with Crippen LogP contribution >= 0.6 is 0 Å². The minimum absolute atomic E-state index is 0.221. The molecule has 2 saturated heterocycles. The van der Waals surface area contributed by atoms with Crippen molar-refractivity contribution in [2.24, 2.45) is 0 Å². The number of aromatic nitrogens is 2. The van der Waals surface area contributed by atoms with Gasteiger partial charge in [-0.15, -0.1) is 0 Å². The quantitative estimate of drug-likeness (QED) is 0.890. The van der Waals surface area contributed by atoms with Gasteiger partial charge in [0.1, 0.15) is 11.5 Å². The predicted molar refractivity (Wildman–Crippen MR) is 100 cm³/mol. The van der Waals surface area contributed by atoms with E-state index in [0.29, 0.717) is 25.5 Å². The Labute approximate surface area is 158 Å². The van der Waals surface area contributed by atoms with Gasteiger partial charge in [-0.05, 0) is 12.5 Å². The molecule has 1 aromatic heterocycles. The maximum Gasteiger partial charge on any atom is 0.271 e. The van der Waals surface area contributed by atoms with Crippen molar-refractivity contribution in [3.8, 4) is 0 Å². The summed E-state index contributed by atoms with van der Waals surface area (Å²) < 4.78 is 11.5. The molecule has 1 spiro atoms. The van der Waals surface area contributed by atoms with Gasteiger partial charge in [0.25, 0.3) is 5.91 Å². The minimum Gasteiger partial charge on any atom is -0.355 e. The van der Waals surface area contributed by atoms with Crippen molar-refractivity contribution in [1.29, 1.82) is 0 Å². The van der Waals surface area contributed by atoms with Gasteiger partial charge in [-0.25, -0.2) is 9.97 Å². The predicted octanol–water partition coefficient (Wildman–Crippen LogP) is 2.06. The van der Waals surface area contributed by atoms with Gasteiger partial charge in [-0.1, -0.05) is 29.8 Å². The molecule has 4 rings (SSSR count). The lowest BCUT2D eigenvalue weighted by atomic mass is 10.0. The monoisotopic (exact) mass is 368 g/mol.